The lowest BCUT2D eigenvalue weighted by molar-refractivity contribution is -0.157. The maximum Gasteiger partial charge on any atom is 0.323 e. The van der Waals surface area contributed by atoms with Crippen LogP contribution in [0.15, 0.2) is 0 Å². The molecule has 0 fully saturated rings. The molecule has 0 rings (SSSR count). The molecule has 0 radical (unpaired) electrons. The monoisotopic (exact) mass is 272 g/mol. The van der Waals surface area contributed by atoms with E-state index < -0.39 is 11.6 Å². The Kier molecular flexibility index (Phi) is 6.49. The van der Waals surface area contributed by atoms with E-state index in [0.29, 0.717) is 13.0 Å². The van der Waals surface area contributed by atoms with Crippen molar-refractivity contribution >= 4 is 11.9 Å². The molecule has 0 spiro atoms. The Labute approximate surface area is 116 Å². The van der Waals surface area contributed by atoms with Gasteiger partial charge in [0.05, 0.1) is 0 Å². The summed E-state index contributed by atoms with van der Waals surface area (Å²) in [7, 11) is 0. The summed E-state index contributed by atoms with van der Waals surface area (Å²) in [5.74, 6) is -0.333. The van der Waals surface area contributed by atoms with Crippen molar-refractivity contribution in [1.29, 1.82) is 0 Å². The highest BCUT2D eigenvalue weighted by Gasteiger charge is 2.21. The first-order chi connectivity index (χ1) is 8.41. The van der Waals surface area contributed by atoms with Gasteiger partial charge in [-0.25, -0.2) is 0 Å². The summed E-state index contributed by atoms with van der Waals surface area (Å²) in [4.78, 5) is 23.2. The molecule has 0 aliphatic carbocycles. The van der Waals surface area contributed by atoms with Crippen molar-refractivity contribution in [2.24, 2.45) is 0 Å². The summed E-state index contributed by atoms with van der Waals surface area (Å²) in [5, 5.41) is 5.85. The summed E-state index contributed by atoms with van der Waals surface area (Å²) in [6.07, 6.45) is 0.338. The zero-order valence-electron chi connectivity index (χ0n) is 13.2. The van der Waals surface area contributed by atoms with Gasteiger partial charge in [0.2, 0.25) is 5.91 Å². The van der Waals surface area contributed by atoms with Gasteiger partial charge in [0.25, 0.3) is 0 Å². The Balaban J connectivity index is 3.95. The first-order valence-electron chi connectivity index (χ1n) is 6.68. The number of hydrogen-bond acceptors (Lipinski definition) is 4. The zero-order chi connectivity index (χ0) is 15.3. The summed E-state index contributed by atoms with van der Waals surface area (Å²) in [5.41, 5.74) is -0.718. The van der Waals surface area contributed by atoms with Crippen LogP contribution in [0.1, 0.15) is 54.9 Å². The number of nitrogens with one attached hydrogen (secondary N) is 2. The lowest BCUT2D eigenvalue weighted by atomic mass is 10.1. The highest BCUT2D eigenvalue weighted by Crippen LogP contribution is 2.08. The third kappa shape index (κ3) is 10.5. The average molecular weight is 272 g/mol. The van der Waals surface area contributed by atoms with E-state index in [1.165, 1.54) is 0 Å². The molecule has 0 saturated heterocycles. The predicted octanol–water partition coefficient (Wildman–Crippen LogP) is 1.61. The SMILES string of the molecule is CC(NCCC(=O)NC(C)(C)C)C(=O)OC(C)(C)C. The minimum Gasteiger partial charge on any atom is -0.459 e. The largest absolute Gasteiger partial charge is 0.459 e. The van der Waals surface area contributed by atoms with E-state index >= 15 is 0 Å². The van der Waals surface area contributed by atoms with Crippen molar-refractivity contribution in [2.45, 2.75) is 72.1 Å². The van der Waals surface area contributed by atoms with Crippen molar-refractivity contribution in [2.75, 3.05) is 6.54 Å². The van der Waals surface area contributed by atoms with E-state index in [1.54, 1.807) is 6.92 Å². The minimum absolute atomic E-state index is 0.0311. The van der Waals surface area contributed by atoms with Gasteiger partial charge in [0, 0.05) is 18.5 Å². The van der Waals surface area contributed by atoms with Crippen molar-refractivity contribution in [3.63, 3.8) is 0 Å². The van der Waals surface area contributed by atoms with E-state index in [4.69, 9.17) is 4.74 Å². The molecule has 0 saturated carbocycles. The van der Waals surface area contributed by atoms with E-state index in [2.05, 4.69) is 10.6 Å². The quantitative estimate of drug-likeness (QED) is 0.746. The molecule has 0 aliphatic heterocycles. The molecule has 0 aliphatic rings. The van der Waals surface area contributed by atoms with Gasteiger partial charge in [-0.2, -0.15) is 0 Å². The molecule has 0 aromatic carbocycles. The maximum atomic E-state index is 11.7. The summed E-state index contributed by atoms with van der Waals surface area (Å²) in [6.45, 7) is 13.5. The second kappa shape index (κ2) is 6.89. The summed E-state index contributed by atoms with van der Waals surface area (Å²) < 4.78 is 5.24. The Morgan fingerprint density at radius 2 is 1.63 bits per heavy atom. The summed E-state index contributed by atoms with van der Waals surface area (Å²) in [6, 6.07) is -0.415. The van der Waals surface area contributed by atoms with E-state index in [1.807, 2.05) is 41.5 Å². The Morgan fingerprint density at radius 3 is 2.05 bits per heavy atom. The average Bonchev–Trinajstić information content (AvgIpc) is 2.11. The molecule has 112 valence electrons. The van der Waals surface area contributed by atoms with Gasteiger partial charge in [0.1, 0.15) is 11.6 Å². The van der Waals surface area contributed by atoms with Crippen LogP contribution in [0.3, 0.4) is 0 Å². The van der Waals surface area contributed by atoms with Gasteiger partial charge in [-0.05, 0) is 48.5 Å². The number of carbonyl (C=O) groups is 2. The molecule has 2 N–H and O–H groups in total. The Morgan fingerprint density at radius 1 is 1.11 bits per heavy atom. The van der Waals surface area contributed by atoms with Gasteiger partial charge in [-0.1, -0.05) is 0 Å². The Bertz CT molecular complexity index is 314. The number of amides is 1. The van der Waals surface area contributed by atoms with Crippen LogP contribution in [-0.4, -0.2) is 35.6 Å². The fraction of sp³-hybridized carbons (Fsp3) is 0.857. The number of esters is 1. The first-order valence-corrected chi connectivity index (χ1v) is 6.68. The predicted molar refractivity (Wildman–Crippen MR) is 75.8 cm³/mol. The second-order valence-electron chi connectivity index (χ2n) is 6.76. The molecule has 5 nitrogen and oxygen atoms in total. The number of hydrogen-bond donors (Lipinski definition) is 2. The minimum atomic E-state index is -0.489. The van der Waals surface area contributed by atoms with Crippen LogP contribution in [0.25, 0.3) is 0 Å². The molecule has 5 heteroatoms. The third-order valence-electron chi connectivity index (χ3n) is 2.08. The van der Waals surface area contributed by atoms with Gasteiger partial charge < -0.3 is 15.4 Å². The normalized spacial score (nSPS) is 13.8. The van der Waals surface area contributed by atoms with E-state index in [0.717, 1.165) is 0 Å². The van der Waals surface area contributed by atoms with Crippen LogP contribution in [0.4, 0.5) is 0 Å². The first kappa shape index (κ1) is 17.9. The lowest BCUT2D eigenvalue weighted by Crippen LogP contribution is -2.43. The van der Waals surface area contributed by atoms with Crippen LogP contribution in [0, 0.1) is 0 Å². The van der Waals surface area contributed by atoms with Crippen molar-refractivity contribution in [1.82, 2.24) is 10.6 Å². The molecular formula is C14H28N2O3. The van der Waals surface area contributed by atoms with Crippen LogP contribution in [-0.2, 0) is 14.3 Å². The Hall–Kier alpha value is -1.10. The molecule has 0 heterocycles. The maximum absolute atomic E-state index is 11.7. The number of ether oxygens (including phenoxy) is 1. The molecule has 0 aromatic heterocycles. The van der Waals surface area contributed by atoms with Gasteiger partial charge in [0.15, 0.2) is 0 Å². The van der Waals surface area contributed by atoms with Crippen LogP contribution in [0.5, 0.6) is 0 Å². The third-order valence-corrected chi connectivity index (χ3v) is 2.08. The lowest BCUT2D eigenvalue weighted by Gasteiger charge is -2.23. The zero-order valence-corrected chi connectivity index (χ0v) is 13.2. The standard InChI is InChI=1S/C14H28N2O3/c1-10(12(18)19-14(5,6)7)15-9-8-11(17)16-13(2,3)4/h10,15H,8-9H2,1-7H3,(H,16,17). The van der Waals surface area contributed by atoms with Crippen LogP contribution >= 0.6 is 0 Å². The summed E-state index contributed by atoms with van der Waals surface area (Å²) >= 11 is 0. The van der Waals surface area contributed by atoms with Crippen molar-refractivity contribution in [3.05, 3.63) is 0 Å². The second-order valence-corrected chi connectivity index (χ2v) is 6.76. The van der Waals surface area contributed by atoms with Gasteiger partial charge >= 0.3 is 5.97 Å². The van der Waals surface area contributed by atoms with Crippen molar-refractivity contribution in [3.8, 4) is 0 Å². The number of carbonyl (C=O) groups excluding carboxylic acids is 2. The molecule has 1 atom stereocenters. The molecular weight excluding hydrogens is 244 g/mol. The highest BCUT2D eigenvalue weighted by molar-refractivity contribution is 5.77. The van der Waals surface area contributed by atoms with Crippen LogP contribution in [0.2, 0.25) is 0 Å². The smallest absolute Gasteiger partial charge is 0.323 e. The number of rotatable bonds is 5. The van der Waals surface area contributed by atoms with E-state index in [-0.39, 0.29) is 17.4 Å². The molecule has 19 heavy (non-hydrogen) atoms. The van der Waals surface area contributed by atoms with E-state index in [9.17, 15) is 9.59 Å². The van der Waals surface area contributed by atoms with Crippen molar-refractivity contribution < 1.29 is 14.3 Å². The molecule has 0 bridgehead atoms. The van der Waals surface area contributed by atoms with Gasteiger partial charge in [-0.3, -0.25) is 9.59 Å². The fourth-order valence-electron chi connectivity index (χ4n) is 1.36. The molecule has 1 unspecified atom stereocenters. The van der Waals surface area contributed by atoms with Gasteiger partial charge in [-0.15, -0.1) is 0 Å². The topological polar surface area (TPSA) is 67.4 Å². The fourth-order valence-corrected chi connectivity index (χ4v) is 1.36. The molecule has 0 aromatic rings. The molecule has 1 amide bonds. The highest BCUT2D eigenvalue weighted by atomic mass is 16.6. The van der Waals surface area contributed by atoms with Crippen LogP contribution < -0.4 is 10.6 Å².